The zero-order valence-corrected chi connectivity index (χ0v) is 23.2. The Morgan fingerprint density at radius 1 is 0.878 bits per heavy atom. The van der Waals surface area contributed by atoms with Gasteiger partial charge < -0.3 is 4.74 Å². The van der Waals surface area contributed by atoms with Crippen LogP contribution in [0, 0.1) is 24.7 Å². The number of amides is 3. The summed E-state index contributed by atoms with van der Waals surface area (Å²) in [5, 5.41) is 2.17. The maximum atomic E-state index is 13.6. The normalized spacial score (nSPS) is 19.6. The molecule has 0 bridgehead atoms. The monoisotopic (exact) mass is 570 g/mol. The third-order valence-corrected chi connectivity index (χ3v) is 7.64. The van der Waals surface area contributed by atoms with Gasteiger partial charge in [-0.2, -0.15) is 5.01 Å². The van der Waals surface area contributed by atoms with Crippen molar-refractivity contribution in [3.8, 4) is 5.75 Å². The lowest BCUT2D eigenvalue weighted by molar-refractivity contribution is -0.154. The largest absolute Gasteiger partial charge is 0.423 e. The van der Waals surface area contributed by atoms with E-state index in [1.54, 1.807) is 24.3 Å². The summed E-state index contributed by atoms with van der Waals surface area (Å²) in [5.41, 5.74) is 1.77. The minimum absolute atomic E-state index is 0.169. The van der Waals surface area contributed by atoms with E-state index >= 15 is 0 Å². The Bertz CT molecular complexity index is 1550. The first-order chi connectivity index (χ1) is 19.6. The summed E-state index contributed by atoms with van der Waals surface area (Å²) in [5.74, 6) is -3.91. The van der Waals surface area contributed by atoms with Crippen molar-refractivity contribution >= 4 is 41.1 Å². The smallest absolute Gasteiger partial charge is 0.343 e. The number of ketones is 1. The van der Waals surface area contributed by atoms with Crippen LogP contribution in [-0.4, -0.2) is 46.0 Å². The first-order valence-corrected chi connectivity index (χ1v) is 13.6. The van der Waals surface area contributed by atoms with Gasteiger partial charge in [-0.1, -0.05) is 48.4 Å². The highest BCUT2D eigenvalue weighted by Crippen LogP contribution is 2.39. The van der Waals surface area contributed by atoms with Gasteiger partial charge in [-0.3, -0.25) is 19.2 Å². The maximum absolute atomic E-state index is 13.6. The minimum atomic E-state index is -0.681. The molecule has 0 aromatic heterocycles. The van der Waals surface area contributed by atoms with Crippen LogP contribution in [0.15, 0.2) is 84.9 Å². The molecule has 1 heterocycles. The van der Waals surface area contributed by atoms with Crippen LogP contribution in [0.4, 0.5) is 0 Å². The summed E-state index contributed by atoms with van der Waals surface area (Å²) in [6.07, 6.45) is 4.14. The second-order valence-corrected chi connectivity index (χ2v) is 10.7. The lowest BCUT2D eigenvalue weighted by Crippen LogP contribution is -2.52. The van der Waals surface area contributed by atoms with Gasteiger partial charge in [-0.25, -0.2) is 9.80 Å². The number of imide groups is 1. The van der Waals surface area contributed by atoms with Crippen LogP contribution in [0.5, 0.6) is 5.75 Å². The standard InChI is InChI=1S/C32H27ClN2O6/c1-19-6-8-23(9-7-19)32(40)41-25-16-12-21(13-17-25)27(36)18-34(29(37)22-10-14-24(33)15-11-22)35-30(38)26-5-3-4-20(2)28(26)31(35)39/h3-4,6-17,20,26,28H,5,18H2,1-2H3/t20-,26-,28+/m1/s1. The molecule has 208 valence electrons. The Hall–Kier alpha value is -4.56. The quantitative estimate of drug-likeness (QED) is 0.126. The summed E-state index contributed by atoms with van der Waals surface area (Å²) in [7, 11) is 0. The molecular formula is C32H27ClN2O6. The minimum Gasteiger partial charge on any atom is -0.423 e. The fourth-order valence-corrected chi connectivity index (χ4v) is 5.26. The molecule has 2 aliphatic rings. The van der Waals surface area contributed by atoms with E-state index in [2.05, 4.69) is 0 Å². The van der Waals surface area contributed by atoms with Crippen LogP contribution < -0.4 is 4.74 Å². The number of carbonyl (C=O) groups excluding carboxylic acids is 5. The fourth-order valence-electron chi connectivity index (χ4n) is 5.14. The molecule has 9 heteroatoms. The Balaban J connectivity index is 1.38. The van der Waals surface area contributed by atoms with Crippen molar-refractivity contribution in [1.29, 1.82) is 0 Å². The van der Waals surface area contributed by atoms with Gasteiger partial charge in [0.2, 0.25) is 0 Å². The van der Waals surface area contributed by atoms with E-state index in [4.69, 9.17) is 16.3 Å². The number of hydrogen-bond acceptors (Lipinski definition) is 6. The van der Waals surface area contributed by atoms with Crippen LogP contribution in [0.3, 0.4) is 0 Å². The highest BCUT2D eigenvalue weighted by atomic mass is 35.5. The third-order valence-electron chi connectivity index (χ3n) is 7.38. The Labute approximate surface area is 242 Å². The van der Waals surface area contributed by atoms with E-state index in [1.807, 2.05) is 26.0 Å². The number of hydrogen-bond donors (Lipinski definition) is 0. The molecule has 41 heavy (non-hydrogen) atoms. The average molecular weight is 571 g/mol. The van der Waals surface area contributed by atoms with Crippen LogP contribution in [0.25, 0.3) is 0 Å². The Morgan fingerprint density at radius 2 is 1.49 bits per heavy atom. The van der Waals surface area contributed by atoms with Crippen molar-refractivity contribution in [2.24, 2.45) is 17.8 Å². The van der Waals surface area contributed by atoms with Gasteiger partial charge in [0.25, 0.3) is 17.7 Å². The first-order valence-electron chi connectivity index (χ1n) is 13.2. The number of fused-ring (bicyclic) bond motifs is 1. The van der Waals surface area contributed by atoms with Gasteiger partial charge in [0, 0.05) is 16.1 Å². The number of Topliss-reactive ketones (excluding diaryl/α,β-unsaturated/α-hetero) is 1. The van der Waals surface area contributed by atoms with Gasteiger partial charge in [-0.05, 0) is 79.9 Å². The van der Waals surface area contributed by atoms with Crippen molar-refractivity contribution in [2.45, 2.75) is 20.3 Å². The molecule has 8 nitrogen and oxygen atoms in total. The summed E-state index contributed by atoms with van der Waals surface area (Å²) >= 11 is 5.98. The molecule has 1 fully saturated rings. The van der Waals surface area contributed by atoms with E-state index in [9.17, 15) is 24.0 Å². The molecule has 1 aliphatic heterocycles. The van der Waals surface area contributed by atoms with Crippen LogP contribution in [0.1, 0.15) is 50.0 Å². The summed E-state index contributed by atoms with van der Waals surface area (Å²) in [6, 6.07) is 18.8. The van der Waals surface area contributed by atoms with Crippen molar-refractivity contribution in [1.82, 2.24) is 10.0 Å². The lowest BCUT2D eigenvalue weighted by Gasteiger charge is -2.30. The SMILES string of the molecule is Cc1ccc(C(=O)Oc2ccc(C(=O)CN(C(=O)c3ccc(Cl)cc3)N3C(=O)[C@H]4[C@H](C)C=CC[C@H]4C3=O)cc2)cc1. The van der Waals surface area contributed by atoms with Gasteiger partial charge in [0.15, 0.2) is 5.78 Å². The maximum Gasteiger partial charge on any atom is 0.343 e. The molecule has 0 spiro atoms. The van der Waals surface area contributed by atoms with E-state index in [1.165, 1.54) is 48.5 Å². The predicted molar refractivity (Wildman–Crippen MR) is 151 cm³/mol. The summed E-state index contributed by atoms with van der Waals surface area (Å²) in [4.78, 5) is 66.4. The number of allylic oxidation sites excluding steroid dienone is 2. The first kappa shape index (κ1) is 28.0. The summed E-state index contributed by atoms with van der Waals surface area (Å²) < 4.78 is 5.41. The molecule has 1 saturated heterocycles. The predicted octanol–water partition coefficient (Wildman–Crippen LogP) is 5.30. The molecule has 0 unspecified atom stereocenters. The summed E-state index contributed by atoms with van der Waals surface area (Å²) in [6.45, 7) is 3.21. The Kier molecular flexibility index (Phi) is 7.85. The number of halogens is 1. The van der Waals surface area contributed by atoms with E-state index < -0.39 is 47.9 Å². The number of nitrogens with zero attached hydrogens (tertiary/aromatic N) is 2. The fraction of sp³-hybridized carbons (Fsp3) is 0.219. The number of esters is 1. The third kappa shape index (κ3) is 5.69. The number of carbonyl (C=O) groups is 5. The van der Waals surface area contributed by atoms with Crippen molar-refractivity contribution < 1.29 is 28.7 Å². The molecule has 3 aromatic rings. The second-order valence-electron chi connectivity index (χ2n) is 10.2. The molecule has 3 aromatic carbocycles. The Morgan fingerprint density at radius 3 is 2.12 bits per heavy atom. The molecule has 1 aliphatic carbocycles. The van der Waals surface area contributed by atoms with E-state index in [-0.39, 0.29) is 22.8 Å². The second kappa shape index (κ2) is 11.5. The average Bonchev–Trinajstić information content (AvgIpc) is 3.22. The van der Waals surface area contributed by atoms with Gasteiger partial charge >= 0.3 is 5.97 Å². The number of hydrazine groups is 1. The van der Waals surface area contributed by atoms with Crippen molar-refractivity contribution in [3.05, 3.63) is 112 Å². The van der Waals surface area contributed by atoms with Crippen LogP contribution in [0.2, 0.25) is 5.02 Å². The van der Waals surface area contributed by atoms with Gasteiger partial charge in [0.05, 0.1) is 17.4 Å². The van der Waals surface area contributed by atoms with Gasteiger partial charge in [-0.15, -0.1) is 0 Å². The van der Waals surface area contributed by atoms with Gasteiger partial charge in [0.1, 0.15) is 12.3 Å². The number of rotatable bonds is 7. The molecule has 5 rings (SSSR count). The molecule has 0 radical (unpaired) electrons. The molecular weight excluding hydrogens is 544 g/mol. The topological polar surface area (TPSA) is 101 Å². The number of aryl methyl sites for hydroxylation is 1. The number of benzene rings is 3. The molecule has 0 N–H and O–H groups in total. The highest BCUT2D eigenvalue weighted by Gasteiger charge is 2.53. The highest BCUT2D eigenvalue weighted by molar-refractivity contribution is 6.30. The van der Waals surface area contributed by atoms with E-state index in [0.717, 1.165) is 15.6 Å². The van der Waals surface area contributed by atoms with Crippen molar-refractivity contribution in [2.75, 3.05) is 6.54 Å². The molecule has 0 saturated carbocycles. The zero-order chi connectivity index (χ0) is 29.3. The zero-order valence-electron chi connectivity index (χ0n) is 22.5. The lowest BCUT2D eigenvalue weighted by atomic mass is 9.78. The number of ether oxygens (including phenoxy) is 1. The van der Waals surface area contributed by atoms with Crippen molar-refractivity contribution in [3.63, 3.8) is 0 Å². The molecule has 3 amide bonds. The van der Waals surface area contributed by atoms with E-state index in [0.29, 0.717) is 17.0 Å². The van der Waals surface area contributed by atoms with Crippen LogP contribution in [-0.2, 0) is 9.59 Å². The molecule has 3 atom stereocenters. The van der Waals surface area contributed by atoms with Crippen LogP contribution >= 0.6 is 11.6 Å².